The Kier molecular flexibility index (Phi) is 3.56. The third-order valence-electron chi connectivity index (χ3n) is 3.56. The highest BCUT2D eigenvalue weighted by molar-refractivity contribution is 9.10. The molecule has 90 valence electrons. The van der Waals surface area contributed by atoms with E-state index in [-0.39, 0.29) is 11.5 Å². The van der Waals surface area contributed by atoms with Gasteiger partial charge in [-0.1, -0.05) is 28.1 Å². The number of hydrogen-bond acceptors (Lipinski definition) is 2. The third-order valence-corrected chi connectivity index (χ3v) is 4.05. The fraction of sp³-hybridized carbons (Fsp3) is 0.500. The van der Waals surface area contributed by atoms with Crippen molar-refractivity contribution in [3.63, 3.8) is 0 Å². The molecular weight excluding hydrogens is 276 g/mol. The molecule has 1 heterocycles. The minimum Gasteiger partial charge on any atom is -0.306 e. The van der Waals surface area contributed by atoms with Crippen LogP contribution in [0.15, 0.2) is 28.7 Å². The van der Waals surface area contributed by atoms with Crippen LogP contribution in [0, 0.1) is 16.7 Å². The molecule has 2 rings (SSSR count). The van der Waals surface area contributed by atoms with Gasteiger partial charge in [-0.25, -0.2) is 0 Å². The first-order valence-corrected chi connectivity index (χ1v) is 6.75. The van der Waals surface area contributed by atoms with Crippen LogP contribution in [0.5, 0.6) is 0 Å². The molecule has 17 heavy (non-hydrogen) atoms. The number of nitrogens with zero attached hydrogens (tertiary/aromatic N) is 1. The summed E-state index contributed by atoms with van der Waals surface area (Å²) in [4.78, 5) is 0. The van der Waals surface area contributed by atoms with Crippen LogP contribution in [0.1, 0.15) is 38.3 Å². The zero-order valence-corrected chi connectivity index (χ0v) is 11.8. The summed E-state index contributed by atoms with van der Waals surface area (Å²) in [6, 6.07) is 11.5. The van der Waals surface area contributed by atoms with Crippen molar-refractivity contribution in [2.24, 2.45) is 5.41 Å². The number of halogens is 1. The minimum absolute atomic E-state index is 0.288. The van der Waals surface area contributed by atoms with Crippen molar-refractivity contribution in [2.45, 2.75) is 38.8 Å². The summed E-state index contributed by atoms with van der Waals surface area (Å²) in [5, 5.41) is 12.7. The molecule has 1 aromatic carbocycles. The first-order valence-electron chi connectivity index (χ1n) is 5.96. The molecule has 0 radical (unpaired) electrons. The highest BCUT2D eigenvalue weighted by Crippen LogP contribution is 2.35. The Labute approximate surface area is 111 Å². The van der Waals surface area contributed by atoms with Crippen molar-refractivity contribution in [3.05, 3.63) is 34.3 Å². The van der Waals surface area contributed by atoms with E-state index in [0.29, 0.717) is 6.04 Å². The number of nitrogens with one attached hydrogen (secondary N) is 1. The summed E-state index contributed by atoms with van der Waals surface area (Å²) in [6.45, 7) is 4.02. The van der Waals surface area contributed by atoms with E-state index in [4.69, 9.17) is 5.26 Å². The average Bonchev–Trinajstić information content (AvgIpc) is 2.79. The van der Waals surface area contributed by atoms with Crippen molar-refractivity contribution < 1.29 is 0 Å². The van der Waals surface area contributed by atoms with Gasteiger partial charge in [0.15, 0.2) is 0 Å². The number of nitriles is 1. The summed E-state index contributed by atoms with van der Waals surface area (Å²) < 4.78 is 1.11. The predicted molar refractivity (Wildman–Crippen MR) is 72.4 cm³/mol. The molecule has 0 saturated carbocycles. The second-order valence-electron chi connectivity index (χ2n) is 5.24. The van der Waals surface area contributed by atoms with Gasteiger partial charge < -0.3 is 5.32 Å². The molecular formula is C14H17BrN2. The predicted octanol–water partition coefficient (Wildman–Crippen LogP) is 3.79. The Morgan fingerprint density at radius 3 is 2.82 bits per heavy atom. The Morgan fingerprint density at radius 2 is 2.18 bits per heavy atom. The van der Waals surface area contributed by atoms with E-state index in [2.05, 4.69) is 45.5 Å². The number of rotatable bonds is 2. The standard InChI is InChI=1S/C14H17BrN2/c1-14(2,9-16)13-7-6-12(17-13)10-4-3-5-11(15)8-10/h3-5,8,12-13,17H,6-7H2,1-2H3. The van der Waals surface area contributed by atoms with E-state index in [9.17, 15) is 0 Å². The molecule has 3 heteroatoms. The molecule has 1 aliphatic rings. The van der Waals surface area contributed by atoms with Gasteiger partial charge >= 0.3 is 0 Å². The molecule has 2 atom stereocenters. The van der Waals surface area contributed by atoms with Crippen LogP contribution < -0.4 is 5.32 Å². The lowest BCUT2D eigenvalue weighted by Gasteiger charge is -2.25. The van der Waals surface area contributed by atoms with E-state index in [1.807, 2.05) is 19.9 Å². The fourth-order valence-electron chi connectivity index (χ4n) is 2.38. The number of benzene rings is 1. The van der Waals surface area contributed by atoms with Crippen molar-refractivity contribution in [2.75, 3.05) is 0 Å². The monoisotopic (exact) mass is 292 g/mol. The molecule has 1 aliphatic heterocycles. The van der Waals surface area contributed by atoms with Crippen molar-refractivity contribution in [3.8, 4) is 6.07 Å². The van der Waals surface area contributed by atoms with Crippen molar-refractivity contribution >= 4 is 15.9 Å². The Balaban J connectivity index is 2.11. The number of hydrogen-bond donors (Lipinski definition) is 1. The van der Waals surface area contributed by atoms with E-state index in [1.54, 1.807) is 0 Å². The maximum absolute atomic E-state index is 9.16. The first kappa shape index (κ1) is 12.6. The topological polar surface area (TPSA) is 35.8 Å². The van der Waals surface area contributed by atoms with Gasteiger partial charge in [0.2, 0.25) is 0 Å². The largest absolute Gasteiger partial charge is 0.306 e. The molecule has 0 bridgehead atoms. The molecule has 1 saturated heterocycles. The second-order valence-corrected chi connectivity index (χ2v) is 6.15. The minimum atomic E-state index is -0.291. The molecule has 1 N–H and O–H groups in total. The molecule has 0 amide bonds. The van der Waals surface area contributed by atoms with Gasteiger partial charge in [0, 0.05) is 16.6 Å². The molecule has 0 aliphatic carbocycles. The molecule has 0 aromatic heterocycles. The maximum Gasteiger partial charge on any atom is 0.0700 e. The van der Waals surface area contributed by atoms with Gasteiger partial charge in [0.25, 0.3) is 0 Å². The summed E-state index contributed by atoms with van der Waals surface area (Å²) in [6.07, 6.45) is 2.17. The van der Waals surface area contributed by atoms with Crippen LogP contribution in [0.3, 0.4) is 0 Å². The zero-order chi connectivity index (χ0) is 12.5. The molecule has 1 aromatic rings. The Hall–Kier alpha value is -0.850. The lowest BCUT2D eigenvalue weighted by molar-refractivity contribution is 0.341. The van der Waals surface area contributed by atoms with E-state index in [0.717, 1.165) is 17.3 Å². The highest BCUT2D eigenvalue weighted by atomic mass is 79.9. The quantitative estimate of drug-likeness (QED) is 0.900. The summed E-state index contributed by atoms with van der Waals surface area (Å²) in [7, 11) is 0. The van der Waals surface area contributed by atoms with Crippen LogP contribution in [0.2, 0.25) is 0 Å². The van der Waals surface area contributed by atoms with Gasteiger partial charge in [0.1, 0.15) is 0 Å². The first-order chi connectivity index (χ1) is 8.03. The second kappa shape index (κ2) is 4.80. The van der Waals surface area contributed by atoms with Crippen molar-refractivity contribution in [1.29, 1.82) is 5.26 Å². The van der Waals surface area contributed by atoms with Gasteiger partial charge in [0.05, 0.1) is 11.5 Å². The van der Waals surface area contributed by atoms with Crippen molar-refractivity contribution in [1.82, 2.24) is 5.32 Å². The van der Waals surface area contributed by atoms with Gasteiger partial charge in [-0.2, -0.15) is 5.26 Å². The van der Waals surface area contributed by atoms with E-state index < -0.39 is 0 Å². The highest BCUT2D eigenvalue weighted by Gasteiger charge is 2.36. The maximum atomic E-state index is 9.16. The SMILES string of the molecule is CC(C)(C#N)C1CCC(c2cccc(Br)c2)N1. The Morgan fingerprint density at radius 1 is 1.41 bits per heavy atom. The van der Waals surface area contributed by atoms with Crippen LogP contribution in [-0.2, 0) is 0 Å². The Bertz CT molecular complexity index is 448. The zero-order valence-electron chi connectivity index (χ0n) is 10.2. The fourth-order valence-corrected chi connectivity index (χ4v) is 2.79. The van der Waals surface area contributed by atoms with E-state index in [1.165, 1.54) is 5.56 Å². The van der Waals surface area contributed by atoms with Crippen LogP contribution in [0.4, 0.5) is 0 Å². The average molecular weight is 293 g/mol. The van der Waals surface area contributed by atoms with E-state index >= 15 is 0 Å². The van der Waals surface area contributed by atoms with Gasteiger partial charge in [-0.15, -0.1) is 0 Å². The summed E-state index contributed by atoms with van der Waals surface area (Å²) in [5.74, 6) is 0. The molecule has 2 unspecified atom stereocenters. The normalized spacial score (nSPS) is 24.6. The molecule has 1 fully saturated rings. The third kappa shape index (κ3) is 2.70. The lowest BCUT2D eigenvalue weighted by Crippen LogP contribution is -2.37. The van der Waals surface area contributed by atoms with Crippen LogP contribution in [0.25, 0.3) is 0 Å². The smallest absolute Gasteiger partial charge is 0.0700 e. The van der Waals surface area contributed by atoms with Crippen LogP contribution in [-0.4, -0.2) is 6.04 Å². The van der Waals surface area contributed by atoms with Gasteiger partial charge in [-0.3, -0.25) is 0 Å². The van der Waals surface area contributed by atoms with Gasteiger partial charge in [-0.05, 0) is 44.4 Å². The lowest BCUT2D eigenvalue weighted by atomic mass is 9.85. The molecule has 0 spiro atoms. The van der Waals surface area contributed by atoms with Crippen LogP contribution >= 0.6 is 15.9 Å². The summed E-state index contributed by atoms with van der Waals surface area (Å²) in [5.41, 5.74) is 1.01. The molecule has 2 nitrogen and oxygen atoms in total. The summed E-state index contributed by atoms with van der Waals surface area (Å²) >= 11 is 3.50.